The van der Waals surface area contributed by atoms with E-state index in [0.717, 1.165) is 18.4 Å². The summed E-state index contributed by atoms with van der Waals surface area (Å²) >= 11 is 0. The summed E-state index contributed by atoms with van der Waals surface area (Å²) < 4.78 is 0. The summed E-state index contributed by atoms with van der Waals surface area (Å²) in [7, 11) is 0. The number of hydrogen-bond acceptors (Lipinski definition) is 3. The summed E-state index contributed by atoms with van der Waals surface area (Å²) in [5, 5.41) is 6.12. The van der Waals surface area contributed by atoms with E-state index in [1.807, 2.05) is 51.7 Å². The number of urea groups is 1. The normalized spacial score (nSPS) is 16.4. The molecule has 138 valence electrons. The van der Waals surface area contributed by atoms with E-state index in [0.29, 0.717) is 13.1 Å². The Morgan fingerprint density at radius 2 is 1.80 bits per heavy atom. The number of nitrogens with zero attached hydrogens (tertiary/aromatic N) is 2. The fraction of sp³-hybridized carbons (Fsp3) is 0.632. The second kappa shape index (κ2) is 7.42. The van der Waals surface area contributed by atoms with Gasteiger partial charge in [0.1, 0.15) is 0 Å². The molecule has 25 heavy (non-hydrogen) atoms. The number of amides is 3. The Bertz CT molecular complexity index is 600. The van der Waals surface area contributed by atoms with Crippen molar-refractivity contribution in [2.45, 2.75) is 64.5 Å². The van der Waals surface area contributed by atoms with Crippen molar-refractivity contribution < 1.29 is 9.59 Å². The third kappa shape index (κ3) is 5.18. The van der Waals surface area contributed by atoms with E-state index in [-0.39, 0.29) is 23.5 Å². The molecule has 0 bridgehead atoms. The molecular formula is C19H30N4O2. The largest absolute Gasteiger partial charge is 0.352 e. The highest BCUT2D eigenvalue weighted by atomic mass is 16.2. The number of hydrogen-bond donors (Lipinski definition) is 2. The first kappa shape index (κ1) is 19.2. The molecule has 0 saturated carbocycles. The van der Waals surface area contributed by atoms with Gasteiger partial charge in [0, 0.05) is 37.1 Å². The third-order valence-electron chi connectivity index (χ3n) is 4.55. The van der Waals surface area contributed by atoms with E-state index >= 15 is 0 Å². The highest BCUT2D eigenvalue weighted by Gasteiger charge is 2.33. The first-order valence-corrected chi connectivity index (χ1v) is 8.88. The van der Waals surface area contributed by atoms with Crippen molar-refractivity contribution in [1.29, 1.82) is 0 Å². The van der Waals surface area contributed by atoms with E-state index in [1.165, 1.54) is 0 Å². The van der Waals surface area contributed by atoms with Crippen LogP contribution in [0.25, 0.3) is 0 Å². The molecule has 0 radical (unpaired) electrons. The van der Waals surface area contributed by atoms with E-state index < -0.39 is 5.41 Å². The maximum atomic E-state index is 12.7. The van der Waals surface area contributed by atoms with Gasteiger partial charge in [-0.25, -0.2) is 4.79 Å². The molecule has 6 heteroatoms. The quantitative estimate of drug-likeness (QED) is 0.883. The minimum Gasteiger partial charge on any atom is -0.352 e. The number of carbonyl (C=O) groups excluding carboxylic acids is 2. The molecule has 3 amide bonds. The first-order chi connectivity index (χ1) is 11.6. The van der Waals surface area contributed by atoms with Gasteiger partial charge < -0.3 is 15.5 Å². The Balaban J connectivity index is 1.87. The number of pyridine rings is 1. The molecule has 1 fully saturated rings. The lowest BCUT2D eigenvalue weighted by Crippen LogP contribution is -2.54. The molecular weight excluding hydrogens is 316 g/mol. The summed E-state index contributed by atoms with van der Waals surface area (Å²) in [4.78, 5) is 30.8. The van der Waals surface area contributed by atoms with E-state index in [9.17, 15) is 9.59 Å². The van der Waals surface area contributed by atoms with Crippen LogP contribution in [-0.2, 0) is 10.2 Å². The number of piperidine rings is 1. The van der Waals surface area contributed by atoms with Crippen molar-refractivity contribution in [3.8, 4) is 0 Å². The van der Waals surface area contributed by atoms with Crippen molar-refractivity contribution in [3.05, 3.63) is 30.1 Å². The number of nitrogens with one attached hydrogen (secondary N) is 2. The third-order valence-corrected chi connectivity index (χ3v) is 4.55. The minimum atomic E-state index is -0.630. The van der Waals surface area contributed by atoms with Gasteiger partial charge in [-0.2, -0.15) is 0 Å². The molecule has 1 aromatic rings. The highest BCUT2D eigenvalue weighted by Crippen LogP contribution is 2.23. The van der Waals surface area contributed by atoms with Crippen LogP contribution in [0.1, 0.15) is 53.0 Å². The smallest absolute Gasteiger partial charge is 0.317 e. The van der Waals surface area contributed by atoms with Crippen LogP contribution in [0.4, 0.5) is 4.79 Å². The van der Waals surface area contributed by atoms with Crippen LogP contribution < -0.4 is 10.6 Å². The Hall–Kier alpha value is -2.11. The molecule has 1 aromatic heterocycles. The van der Waals surface area contributed by atoms with Gasteiger partial charge in [-0.1, -0.05) is 6.07 Å². The molecule has 0 aromatic carbocycles. The topological polar surface area (TPSA) is 74.3 Å². The van der Waals surface area contributed by atoms with Gasteiger partial charge in [-0.3, -0.25) is 9.78 Å². The molecule has 2 heterocycles. The number of rotatable bonds is 3. The van der Waals surface area contributed by atoms with E-state index in [2.05, 4.69) is 15.6 Å². The maximum Gasteiger partial charge on any atom is 0.317 e. The van der Waals surface area contributed by atoms with Gasteiger partial charge in [0.15, 0.2) is 0 Å². The van der Waals surface area contributed by atoms with Gasteiger partial charge in [0.05, 0.1) is 5.41 Å². The lowest BCUT2D eigenvalue weighted by molar-refractivity contribution is -0.126. The molecule has 2 rings (SSSR count). The summed E-state index contributed by atoms with van der Waals surface area (Å²) in [5.74, 6) is -0.00177. The predicted octanol–water partition coefficient (Wildman–Crippen LogP) is 2.45. The van der Waals surface area contributed by atoms with E-state index in [4.69, 9.17) is 0 Å². The second-order valence-corrected chi connectivity index (χ2v) is 8.28. The monoisotopic (exact) mass is 346 g/mol. The molecule has 0 spiro atoms. The Morgan fingerprint density at radius 1 is 1.16 bits per heavy atom. The summed E-state index contributed by atoms with van der Waals surface area (Å²) in [6, 6.07) is 3.83. The van der Waals surface area contributed by atoms with Gasteiger partial charge in [-0.15, -0.1) is 0 Å². The van der Waals surface area contributed by atoms with Crippen LogP contribution in [0.2, 0.25) is 0 Å². The van der Waals surface area contributed by atoms with Crippen LogP contribution in [0.3, 0.4) is 0 Å². The number of aromatic nitrogens is 1. The Labute approximate surface area is 150 Å². The minimum absolute atomic E-state index is 0.00177. The van der Waals surface area contributed by atoms with Crippen LogP contribution in [0.5, 0.6) is 0 Å². The van der Waals surface area contributed by atoms with E-state index in [1.54, 1.807) is 12.4 Å². The zero-order valence-corrected chi connectivity index (χ0v) is 15.9. The standard InChI is InChI=1S/C19H30N4O2/c1-18(2,3)22-17(25)23-11-8-15(9-12-23)21-16(24)19(4,5)14-7-6-10-20-13-14/h6-7,10,13,15H,8-9,11-12H2,1-5H3,(H,21,24)(H,22,25). The van der Waals surface area contributed by atoms with Crippen LogP contribution in [0, 0.1) is 0 Å². The Kier molecular flexibility index (Phi) is 5.70. The van der Waals surface area contributed by atoms with Crippen LogP contribution in [-0.4, -0.2) is 46.5 Å². The molecule has 6 nitrogen and oxygen atoms in total. The lowest BCUT2D eigenvalue weighted by atomic mass is 9.84. The van der Waals surface area contributed by atoms with Crippen LogP contribution >= 0.6 is 0 Å². The fourth-order valence-corrected chi connectivity index (χ4v) is 2.86. The van der Waals surface area contributed by atoms with Crippen molar-refractivity contribution >= 4 is 11.9 Å². The zero-order valence-electron chi connectivity index (χ0n) is 15.9. The fourth-order valence-electron chi connectivity index (χ4n) is 2.86. The lowest BCUT2D eigenvalue weighted by Gasteiger charge is -2.35. The predicted molar refractivity (Wildman–Crippen MR) is 98.3 cm³/mol. The average molecular weight is 346 g/mol. The first-order valence-electron chi connectivity index (χ1n) is 8.88. The molecule has 0 atom stereocenters. The molecule has 1 saturated heterocycles. The number of carbonyl (C=O) groups is 2. The molecule has 1 aliphatic heterocycles. The van der Waals surface area contributed by atoms with Crippen LogP contribution in [0.15, 0.2) is 24.5 Å². The van der Waals surface area contributed by atoms with Crippen molar-refractivity contribution in [2.75, 3.05) is 13.1 Å². The molecule has 0 unspecified atom stereocenters. The maximum absolute atomic E-state index is 12.7. The van der Waals surface area contributed by atoms with Gasteiger partial charge in [-0.05, 0) is 59.1 Å². The van der Waals surface area contributed by atoms with Crippen molar-refractivity contribution in [3.63, 3.8) is 0 Å². The Morgan fingerprint density at radius 3 is 2.32 bits per heavy atom. The molecule has 1 aliphatic rings. The zero-order chi connectivity index (χ0) is 18.7. The summed E-state index contributed by atoms with van der Waals surface area (Å²) in [5.41, 5.74) is 0.0275. The van der Waals surface area contributed by atoms with Gasteiger partial charge in [0.25, 0.3) is 0 Å². The molecule has 2 N–H and O–H groups in total. The number of likely N-dealkylation sites (tertiary alicyclic amines) is 1. The SMILES string of the molecule is CC(C)(C)NC(=O)N1CCC(NC(=O)C(C)(C)c2cccnc2)CC1. The molecule has 0 aliphatic carbocycles. The van der Waals surface area contributed by atoms with Gasteiger partial charge >= 0.3 is 6.03 Å². The van der Waals surface area contributed by atoms with Crippen molar-refractivity contribution in [1.82, 2.24) is 20.5 Å². The highest BCUT2D eigenvalue weighted by molar-refractivity contribution is 5.87. The average Bonchev–Trinajstić information content (AvgIpc) is 2.54. The second-order valence-electron chi connectivity index (χ2n) is 8.28. The van der Waals surface area contributed by atoms with Crippen molar-refractivity contribution in [2.24, 2.45) is 0 Å². The summed E-state index contributed by atoms with van der Waals surface area (Å²) in [6.07, 6.45) is 4.98. The summed E-state index contributed by atoms with van der Waals surface area (Å²) in [6.45, 7) is 11.0. The van der Waals surface area contributed by atoms with Gasteiger partial charge in [0.2, 0.25) is 5.91 Å².